The fourth-order valence-corrected chi connectivity index (χ4v) is 3.73. The second kappa shape index (κ2) is 10.6. The predicted octanol–water partition coefficient (Wildman–Crippen LogP) is 4.27. The lowest BCUT2D eigenvalue weighted by Gasteiger charge is -2.23. The van der Waals surface area contributed by atoms with Crippen LogP contribution in [0.1, 0.15) is 103 Å². The summed E-state index contributed by atoms with van der Waals surface area (Å²) < 4.78 is 10.9. The fraction of sp³-hybridized carbons (Fsp3) is 0.810. The minimum atomic E-state index is -0.519. The largest absolute Gasteiger partial charge is 0.460 e. The normalized spacial score (nSPS) is 16.6. The summed E-state index contributed by atoms with van der Waals surface area (Å²) in [5, 5.41) is 6.59. The summed E-state index contributed by atoms with van der Waals surface area (Å²) in [5.74, 6) is 1.12. The number of carbonyl (C=O) groups excluding carboxylic acids is 2. The minimum Gasteiger partial charge on any atom is -0.460 e. The summed E-state index contributed by atoms with van der Waals surface area (Å²) in [5.41, 5.74) is -0.519. The Balaban J connectivity index is 1.96. The summed E-state index contributed by atoms with van der Waals surface area (Å²) >= 11 is 0. The van der Waals surface area contributed by atoms with Crippen molar-refractivity contribution in [3.63, 3.8) is 0 Å². The molecule has 7 nitrogen and oxygen atoms in total. The highest BCUT2D eigenvalue weighted by molar-refractivity contribution is 5.72. The van der Waals surface area contributed by atoms with E-state index in [2.05, 4.69) is 15.5 Å². The molecule has 158 valence electrons. The van der Waals surface area contributed by atoms with E-state index in [1.807, 2.05) is 20.8 Å². The van der Waals surface area contributed by atoms with Crippen molar-refractivity contribution in [1.29, 1.82) is 0 Å². The van der Waals surface area contributed by atoms with Gasteiger partial charge in [0.25, 0.3) is 0 Å². The lowest BCUT2D eigenvalue weighted by molar-refractivity contribution is -0.155. The van der Waals surface area contributed by atoms with Crippen LogP contribution in [0.2, 0.25) is 0 Å². The van der Waals surface area contributed by atoms with Crippen LogP contribution in [0, 0.1) is 5.92 Å². The van der Waals surface area contributed by atoms with Gasteiger partial charge in [0.2, 0.25) is 11.8 Å². The quantitative estimate of drug-likeness (QED) is 0.630. The van der Waals surface area contributed by atoms with Crippen molar-refractivity contribution in [3.05, 3.63) is 11.7 Å². The second-order valence-corrected chi connectivity index (χ2v) is 8.88. The number of nitrogens with zero attached hydrogens (tertiary/aromatic N) is 2. The zero-order chi connectivity index (χ0) is 20.6. The SMILES string of the molecule is CC(=O)NCc1noc(C(CCCC2CCCCC2)CC(=O)OC(C)(C)C)n1. The van der Waals surface area contributed by atoms with Gasteiger partial charge in [-0.3, -0.25) is 9.59 Å². The van der Waals surface area contributed by atoms with Crippen LogP contribution < -0.4 is 5.32 Å². The average Bonchev–Trinajstić information content (AvgIpc) is 3.07. The highest BCUT2D eigenvalue weighted by Gasteiger charge is 2.26. The van der Waals surface area contributed by atoms with Crippen LogP contribution in [0.15, 0.2) is 4.52 Å². The first-order chi connectivity index (χ1) is 13.2. The van der Waals surface area contributed by atoms with E-state index in [4.69, 9.17) is 9.26 Å². The summed E-state index contributed by atoms with van der Waals surface area (Å²) in [6, 6.07) is 0. The van der Waals surface area contributed by atoms with Crippen molar-refractivity contribution in [2.75, 3.05) is 0 Å². The van der Waals surface area contributed by atoms with E-state index in [1.165, 1.54) is 45.4 Å². The monoisotopic (exact) mass is 393 g/mol. The number of hydrogen-bond acceptors (Lipinski definition) is 6. The van der Waals surface area contributed by atoms with Gasteiger partial charge in [0.1, 0.15) is 5.60 Å². The van der Waals surface area contributed by atoms with E-state index in [1.54, 1.807) is 0 Å². The van der Waals surface area contributed by atoms with Crippen molar-refractivity contribution in [2.45, 2.75) is 104 Å². The average molecular weight is 394 g/mol. The molecule has 1 amide bonds. The van der Waals surface area contributed by atoms with Gasteiger partial charge >= 0.3 is 5.97 Å². The molecule has 1 atom stereocenters. The predicted molar refractivity (Wildman–Crippen MR) is 105 cm³/mol. The first-order valence-corrected chi connectivity index (χ1v) is 10.5. The van der Waals surface area contributed by atoms with Crippen molar-refractivity contribution in [2.24, 2.45) is 5.92 Å². The molecule has 1 aromatic heterocycles. The number of esters is 1. The number of amides is 1. The molecule has 28 heavy (non-hydrogen) atoms. The first-order valence-electron chi connectivity index (χ1n) is 10.5. The van der Waals surface area contributed by atoms with Crippen LogP contribution in [-0.4, -0.2) is 27.6 Å². The summed E-state index contributed by atoms with van der Waals surface area (Å²) in [6.45, 7) is 7.25. The molecule has 0 radical (unpaired) electrons. The number of aromatic nitrogens is 2. The summed E-state index contributed by atoms with van der Waals surface area (Å²) in [4.78, 5) is 27.8. The van der Waals surface area contributed by atoms with Crippen LogP contribution in [0.3, 0.4) is 0 Å². The molecule has 1 aromatic rings. The number of nitrogens with one attached hydrogen (secondary N) is 1. The minimum absolute atomic E-state index is 0.149. The maximum atomic E-state index is 12.4. The van der Waals surface area contributed by atoms with Crippen molar-refractivity contribution >= 4 is 11.9 Å². The van der Waals surface area contributed by atoms with Gasteiger partial charge in [-0.2, -0.15) is 4.98 Å². The fourth-order valence-electron chi connectivity index (χ4n) is 3.73. The molecule has 1 aliphatic rings. The molecule has 1 unspecified atom stereocenters. The Bertz CT molecular complexity index is 630. The zero-order valence-corrected chi connectivity index (χ0v) is 17.8. The Labute approximate surface area is 168 Å². The van der Waals surface area contributed by atoms with E-state index in [9.17, 15) is 9.59 Å². The molecule has 2 rings (SSSR count). The molecule has 0 aromatic carbocycles. The van der Waals surface area contributed by atoms with Gasteiger partial charge in [0, 0.05) is 12.8 Å². The molecular formula is C21H35N3O4. The van der Waals surface area contributed by atoms with Crippen molar-refractivity contribution in [3.8, 4) is 0 Å². The molecule has 1 fully saturated rings. The zero-order valence-electron chi connectivity index (χ0n) is 17.8. The Morgan fingerprint density at radius 3 is 2.61 bits per heavy atom. The van der Waals surface area contributed by atoms with Gasteiger partial charge in [-0.05, 0) is 33.1 Å². The third-order valence-corrected chi connectivity index (χ3v) is 5.05. The second-order valence-electron chi connectivity index (χ2n) is 8.88. The van der Waals surface area contributed by atoms with Crippen LogP contribution in [-0.2, 0) is 20.9 Å². The number of hydrogen-bond donors (Lipinski definition) is 1. The van der Waals surface area contributed by atoms with Crippen LogP contribution >= 0.6 is 0 Å². The topological polar surface area (TPSA) is 94.3 Å². The third-order valence-electron chi connectivity index (χ3n) is 5.05. The van der Waals surface area contributed by atoms with Gasteiger partial charge in [-0.15, -0.1) is 0 Å². The maximum absolute atomic E-state index is 12.4. The molecule has 0 saturated heterocycles. The van der Waals surface area contributed by atoms with Crippen molar-refractivity contribution < 1.29 is 18.8 Å². The molecule has 0 bridgehead atoms. The maximum Gasteiger partial charge on any atom is 0.307 e. The Morgan fingerprint density at radius 1 is 1.25 bits per heavy atom. The molecule has 0 spiro atoms. The third kappa shape index (κ3) is 8.40. The summed E-state index contributed by atoms with van der Waals surface area (Å²) in [6.07, 6.45) is 9.91. The van der Waals surface area contributed by atoms with Crippen LogP contribution in [0.4, 0.5) is 0 Å². The molecule has 1 aliphatic carbocycles. The van der Waals surface area contributed by atoms with Crippen LogP contribution in [0.5, 0.6) is 0 Å². The van der Waals surface area contributed by atoms with Crippen molar-refractivity contribution in [1.82, 2.24) is 15.5 Å². The number of carbonyl (C=O) groups is 2. The van der Waals surface area contributed by atoms with Gasteiger partial charge in [0.05, 0.1) is 13.0 Å². The van der Waals surface area contributed by atoms with E-state index in [-0.39, 0.29) is 30.8 Å². The van der Waals surface area contributed by atoms with E-state index < -0.39 is 5.60 Å². The van der Waals surface area contributed by atoms with Crippen LogP contribution in [0.25, 0.3) is 0 Å². The highest BCUT2D eigenvalue weighted by atomic mass is 16.6. The standard InChI is InChI=1S/C21H35N3O4/c1-15(25)22-14-18-23-20(28-24-18)17(13-19(26)27-21(2,3)4)12-8-11-16-9-6-5-7-10-16/h16-17H,5-14H2,1-4H3,(H,22,25). The molecule has 1 heterocycles. The first kappa shape index (κ1) is 22.4. The molecule has 1 saturated carbocycles. The van der Waals surface area contributed by atoms with E-state index >= 15 is 0 Å². The number of ether oxygens (including phenoxy) is 1. The molecule has 7 heteroatoms. The Morgan fingerprint density at radius 2 is 1.96 bits per heavy atom. The van der Waals surface area contributed by atoms with E-state index in [0.717, 1.165) is 18.8 Å². The Kier molecular flexibility index (Phi) is 8.45. The molecule has 1 N–H and O–H groups in total. The van der Waals surface area contributed by atoms with E-state index in [0.29, 0.717) is 11.7 Å². The lowest BCUT2D eigenvalue weighted by atomic mass is 9.84. The van der Waals surface area contributed by atoms with Gasteiger partial charge in [-0.1, -0.05) is 50.1 Å². The van der Waals surface area contributed by atoms with Gasteiger partial charge in [0.15, 0.2) is 5.82 Å². The van der Waals surface area contributed by atoms with Gasteiger partial charge in [-0.25, -0.2) is 0 Å². The summed E-state index contributed by atoms with van der Waals surface area (Å²) in [7, 11) is 0. The lowest BCUT2D eigenvalue weighted by Crippen LogP contribution is -2.25. The Hall–Kier alpha value is -1.92. The molecular weight excluding hydrogens is 358 g/mol. The number of rotatable bonds is 9. The smallest absolute Gasteiger partial charge is 0.307 e. The molecule has 0 aliphatic heterocycles. The van der Waals surface area contributed by atoms with Gasteiger partial charge < -0.3 is 14.6 Å². The highest BCUT2D eigenvalue weighted by Crippen LogP contribution is 2.31.